The van der Waals surface area contributed by atoms with Crippen LogP contribution < -0.4 is 5.32 Å². The van der Waals surface area contributed by atoms with Gasteiger partial charge in [-0.3, -0.25) is 0 Å². The Kier molecular flexibility index (Phi) is 4.50. The van der Waals surface area contributed by atoms with Crippen LogP contribution in [0, 0.1) is 17.6 Å². The molecule has 2 aromatic heterocycles. The van der Waals surface area contributed by atoms with Crippen LogP contribution in [-0.4, -0.2) is 48.5 Å². The second-order valence-electron chi connectivity index (χ2n) is 6.71. The normalized spacial score (nSPS) is 26.4. The van der Waals surface area contributed by atoms with Crippen molar-refractivity contribution in [3.05, 3.63) is 54.0 Å². The molecule has 5 atom stereocenters. The van der Waals surface area contributed by atoms with E-state index >= 15 is 0 Å². The Bertz CT molecular complexity index is 967. The van der Waals surface area contributed by atoms with E-state index in [4.69, 9.17) is 0 Å². The number of aliphatic hydroxyl groups is 3. The SMILES string of the molecule is O[C@@H]1[C@H](O)[C@@H]([C@H](O)c2ccc(F)c(F)c2)C[C@H]1Nc1ncnc2[nH]ccc12. The van der Waals surface area contributed by atoms with Crippen LogP contribution in [0.2, 0.25) is 0 Å². The van der Waals surface area contributed by atoms with E-state index in [1.807, 2.05) is 0 Å². The number of benzene rings is 1. The summed E-state index contributed by atoms with van der Waals surface area (Å²) in [4.78, 5) is 11.2. The summed E-state index contributed by atoms with van der Waals surface area (Å²) in [6.45, 7) is 0. The maximum atomic E-state index is 13.5. The molecule has 1 saturated carbocycles. The number of halogens is 2. The molecule has 7 nitrogen and oxygen atoms in total. The van der Waals surface area contributed by atoms with E-state index in [1.165, 1.54) is 12.4 Å². The summed E-state index contributed by atoms with van der Waals surface area (Å²) >= 11 is 0. The Labute approximate surface area is 152 Å². The van der Waals surface area contributed by atoms with Gasteiger partial charge in [-0.2, -0.15) is 0 Å². The number of fused-ring (bicyclic) bond motifs is 1. The molecule has 4 rings (SSSR count). The number of rotatable bonds is 4. The molecule has 0 spiro atoms. The molecule has 0 amide bonds. The van der Waals surface area contributed by atoms with Crippen molar-refractivity contribution in [2.45, 2.75) is 30.8 Å². The average molecular weight is 376 g/mol. The third kappa shape index (κ3) is 3.14. The monoisotopic (exact) mass is 376 g/mol. The standard InChI is InChI=1S/C18H18F2N4O3/c19-11-2-1-8(5-12(11)20)14(25)10-6-13(16(27)15(10)26)24-18-9-3-4-21-17(9)22-7-23-18/h1-5,7,10,13-16,25-27H,6H2,(H2,21,22,23,24)/t10-,13-,14-,15-,16+/m1/s1. The van der Waals surface area contributed by atoms with Crippen molar-refractivity contribution in [1.29, 1.82) is 0 Å². The van der Waals surface area contributed by atoms with Crippen LogP contribution in [-0.2, 0) is 0 Å². The minimum Gasteiger partial charge on any atom is -0.390 e. The van der Waals surface area contributed by atoms with Gasteiger partial charge in [0.2, 0.25) is 0 Å². The van der Waals surface area contributed by atoms with Crippen LogP contribution in [0.3, 0.4) is 0 Å². The number of nitrogens with one attached hydrogen (secondary N) is 2. The molecule has 1 aliphatic carbocycles. The van der Waals surface area contributed by atoms with Gasteiger partial charge in [0.15, 0.2) is 11.6 Å². The van der Waals surface area contributed by atoms with E-state index in [-0.39, 0.29) is 12.0 Å². The molecule has 0 saturated heterocycles. The molecule has 9 heteroatoms. The van der Waals surface area contributed by atoms with Crippen molar-refractivity contribution in [3.8, 4) is 0 Å². The van der Waals surface area contributed by atoms with Crippen molar-refractivity contribution in [3.63, 3.8) is 0 Å². The smallest absolute Gasteiger partial charge is 0.159 e. The molecule has 0 bridgehead atoms. The summed E-state index contributed by atoms with van der Waals surface area (Å²) in [5, 5.41) is 35.1. The highest BCUT2D eigenvalue weighted by molar-refractivity contribution is 5.86. The highest BCUT2D eigenvalue weighted by atomic mass is 19.2. The number of aromatic amines is 1. The zero-order chi connectivity index (χ0) is 19.1. The molecule has 0 aliphatic heterocycles. The number of H-pyrrole nitrogens is 1. The summed E-state index contributed by atoms with van der Waals surface area (Å²) in [7, 11) is 0. The number of hydrogen-bond donors (Lipinski definition) is 5. The van der Waals surface area contributed by atoms with Gasteiger partial charge in [0.25, 0.3) is 0 Å². The van der Waals surface area contributed by atoms with E-state index in [9.17, 15) is 24.1 Å². The molecule has 5 N–H and O–H groups in total. The summed E-state index contributed by atoms with van der Waals surface area (Å²) < 4.78 is 26.6. The summed E-state index contributed by atoms with van der Waals surface area (Å²) in [6, 6.07) is 4.27. The van der Waals surface area contributed by atoms with Gasteiger partial charge in [-0.1, -0.05) is 6.07 Å². The van der Waals surface area contributed by atoms with Crippen LogP contribution >= 0.6 is 0 Å². The number of nitrogens with zero attached hydrogens (tertiary/aromatic N) is 2. The third-order valence-corrected chi connectivity index (χ3v) is 5.09. The summed E-state index contributed by atoms with van der Waals surface area (Å²) in [5.41, 5.74) is 0.764. The van der Waals surface area contributed by atoms with E-state index in [0.717, 1.165) is 17.5 Å². The fourth-order valence-electron chi connectivity index (χ4n) is 3.63. The molecule has 142 valence electrons. The molecule has 0 radical (unpaired) electrons. The molecule has 3 aromatic rings. The predicted molar refractivity (Wildman–Crippen MR) is 92.7 cm³/mol. The second kappa shape index (κ2) is 6.84. The Morgan fingerprint density at radius 3 is 2.70 bits per heavy atom. The van der Waals surface area contributed by atoms with E-state index in [1.54, 1.807) is 12.3 Å². The van der Waals surface area contributed by atoms with Crippen LogP contribution in [0.15, 0.2) is 36.8 Å². The Morgan fingerprint density at radius 1 is 1.11 bits per heavy atom. The van der Waals surface area contributed by atoms with Gasteiger partial charge < -0.3 is 25.6 Å². The van der Waals surface area contributed by atoms with E-state index in [0.29, 0.717) is 11.5 Å². The van der Waals surface area contributed by atoms with E-state index < -0.39 is 41.9 Å². The van der Waals surface area contributed by atoms with Crippen molar-refractivity contribution >= 4 is 16.9 Å². The minimum absolute atomic E-state index is 0.140. The predicted octanol–water partition coefficient (Wildman–Crippen LogP) is 1.49. The Morgan fingerprint density at radius 2 is 1.93 bits per heavy atom. The van der Waals surface area contributed by atoms with Gasteiger partial charge in [0, 0.05) is 12.1 Å². The number of aromatic nitrogens is 3. The lowest BCUT2D eigenvalue weighted by molar-refractivity contribution is -0.0222. The fraction of sp³-hybridized carbons (Fsp3) is 0.333. The largest absolute Gasteiger partial charge is 0.390 e. The second-order valence-corrected chi connectivity index (χ2v) is 6.71. The number of aliphatic hydroxyl groups excluding tert-OH is 3. The molecule has 2 heterocycles. The van der Waals surface area contributed by atoms with Crippen molar-refractivity contribution < 1.29 is 24.1 Å². The fourth-order valence-corrected chi connectivity index (χ4v) is 3.63. The molecular weight excluding hydrogens is 358 g/mol. The van der Waals surface area contributed by atoms with Crippen molar-refractivity contribution in [2.75, 3.05) is 5.32 Å². The molecule has 0 unspecified atom stereocenters. The first-order chi connectivity index (χ1) is 13.0. The molecule has 1 aliphatic rings. The minimum atomic E-state index is -1.26. The van der Waals surface area contributed by atoms with E-state index in [2.05, 4.69) is 20.3 Å². The van der Waals surface area contributed by atoms with Crippen LogP contribution in [0.4, 0.5) is 14.6 Å². The molecule has 1 fully saturated rings. The number of hydrogen-bond acceptors (Lipinski definition) is 6. The summed E-state index contributed by atoms with van der Waals surface area (Å²) in [6.07, 6.45) is -0.382. The first-order valence-electron chi connectivity index (χ1n) is 8.49. The van der Waals surface area contributed by atoms with Crippen molar-refractivity contribution in [1.82, 2.24) is 15.0 Å². The van der Waals surface area contributed by atoms with Gasteiger partial charge >= 0.3 is 0 Å². The van der Waals surface area contributed by atoms with Gasteiger partial charge in [-0.15, -0.1) is 0 Å². The molecular formula is C18H18F2N4O3. The van der Waals surface area contributed by atoms with Crippen molar-refractivity contribution in [2.24, 2.45) is 5.92 Å². The van der Waals surface area contributed by atoms with Gasteiger partial charge in [-0.25, -0.2) is 18.7 Å². The Hall–Kier alpha value is -2.62. The summed E-state index contributed by atoms with van der Waals surface area (Å²) in [5.74, 6) is -2.37. The highest BCUT2D eigenvalue weighted by Crippen LogP contribution is 2.38. The van der Waals surface area contributed by atoms with Gasteiger partial charge in [-0.05, 0) is 30.2 Å². The first kappa shape index (κ1) is 17.8. The van der Waals surface area contributed by atoms with Gasteiger partial charge in [0.1, 0.15) is 23.9 Å². The molecule has 1 aromatic carbocycles. The maximum Gasteiger partial charge on any atom is 0.159 e. The van der Waals surface area contributed by atoms with Crippen LogP contribution in [0.1, 0.15) is 18.1 Å². The van der Waals surface area contributed by atoms with Crippen LogP contribution in [0.5, 0.6) is 0 Å². The lowest BCUT2D eigenvalue weighted by atomic mass is 9.92. The van der Waals surface area contributed by atoms with Gasteiger partial charge in [0.05, 0.1) is 23.6 Å². The first-order valence-corrected chi connectivity index (χ1v) is 8.49. The maximum absolute atomic E-state index is 13.5. The lowest BCUT2D eigenvalue weighted by Gasteiger charge is -2.22. The lowest BCUT2D eigenvalue weighted by Crippen LogP contribution is -2.36. The average Bonchev–Trinajstić information content (AvgIpc) is 3.24. The number of anilines is 1. The Balaban J connectivity index is 1.55. The quantitative estimate of drug-likeness (QED) is 0.471. The zero-order valence-corrected chi connectivity index (χ0v) is 14.0. The topological polar surface area (TPSA) is 114 Å². The molecule has 27 heavy (non-hydrogen) atoms. The highest BCUT2D eigenvalue weighted by Gasteiger charge is 2.45. The van der Waals surface area contributed by atoms with Crippen LogP contribution in [0.25, 0.3) is 11.0 Å². The third-order valence-electron chi connectivity index (χ3n) is 5.09. The zero-order valence-electron chi connectivity index (χ0n) is 14.0.